The fourth-order valence-electron chi connectivity index (χ4n) is 3.23. The molecule has 4 heteroatoms. The minimum absolute atomic E-state index is 0.278. The summed E-state index contributed by atoms with van der Waals surface area (Å²) < 4.78 is 0. The molecular formula is C15H27N3O. The first-order chi connectivity index (χ1) is 9.24. The minimum atomic E-state index is 0.278. The lowest BCUT2D eigenvalue weighted by atomic mass is 10.1. The topological polar surface area (TPSA) is 35.6 Å². The number of nitrogens with one attached hydrogen (secondary N) is 1. The van der Waals surface area contributed by atoms with Crippen LogP contribution in [-0.2, 0) is 4.79 Å². The molecule has 1 unspecified atom stereocenters. The first-order valence-electron chi connectivity index (χ1n) is 7.61. The molecule has 0 bridgehead atoms. The molecule has 0 radical (unpaired) electrons. The van der Waals surface area contributed by atoms with Crippen molar-refractivity contribution in [2.24, 2.45) is 5.92 Å². The van der Waals surface area contributed by atoms with Gasteiger partial charge in [0.2, 0.25) is 5.91 Å². The highest BCUT2D eigenvalue weighted by molar-refractivity contribution is 5.80. The summed E-state index contributed by atoms with van der Waals surface area (Å²) in [5, 5.41) is 3.23. The highest BCUT2D eigenvalue weighted by Gasteiger charge is 2.26. The summed E-state index contributed by atoms with van der Waals surface area (Å²) >= 11 is 0. The highest BCUT2D eigenvalue weighted by Crippen LogP contribution is 2.22. The molecule has 19 heavy (non-hydrogen) atoms. The molecule has 0 aromatic heterocycles. The van der Waals surface area contributed by atoms with Crippen LogP contribution >= 0.6 is 0 Å². The Bertz CT molecular complexity index is 340. The van der Waals surface area contributed by atoms with Crippen LogP contribution in [0.25, 0.3) is 0 Å². The van der Waals surface area contributed by atoms with Crippen LogP contribution in [0.2, 0.25) is 0 Å². The van der Waals surface area contributed by atoms with Crippen molar-refractivity contribution in [3.05, 3.63) is 11.8 Å². The molecule has 4 nitrogen and oxygen atoms in total. The van der Waals surface area contributed by atoms with E-state index in [2.05, 4.69) is 23.2 Å². The lowest BCUT2D eigenvalue weighted by Crippen LogP contribution is -2.39. The van der Waals surface area contributed by atoms with Crippen LogP contribution in [0.4, 0.5) is 0 Å². The third-order valence-corrected chi connectivity index (χ3v) is 4.20. The van der Waals surface area contributed by atoms with E-state index < -0.39 is 0 Å². The maximum atomic E-state index is 12.4. The number of likely N-dealkylation sites (N-methyl/N-ethyl adjacent to an activating group) is 1. The van der Waals surface area contributed by atoms with E-state index in [-0.39, 0.29) is 5.91 Å². The lowest BCUT2D eigenvalue weighted by Gasteiger charge is -2.25. The zero-order valence-corrected chi connectivity index (χ0v) is 12.3. The fraction of sp³-hybridized carbons (Fsp3) is 0.800. The monoisotopic (exact) mass is 265 g/mol. The summed E-state index contributed by atoms with van der Waals surface area (Å²) in [5.41, 5.74) is 1.25. The van der Waals surface area contributed by atoms with Crippen LogP contribution in [0, 0.1) is 5.92 Å². The number of carbonyl (C=O) groups excluding carboxylic acids is 1. The third kappa shape index (κ3) is 3.80. The lowest BCUT2D eigenvalue weighted by molar-refractivity contribution is -0.130. The number of likely N-dealkylation sites (tertiary alicyclic amines) is 1. The van der Waals surface area contributed by atoms with Gasteiger partial charge in [-0.3, -0.25) is 9.69 Å². The normalized spacial score (nSPS) is 23.7. The van der Waals surface area contributed by atoms with Gasteiger partial charge in [0.05, 0.1) is 6.54 Å². The molecule has 1 heterocycles. The van der Waals surface area contributed by atoms with Crippen LogP contribution in [-0.4, -0.2) is 55.5 Å². The summed E-state index contributed by atoms with van der Waals surface area (Å²) in [6.45, 7) is 6.65. The van der Waals surface area contributed by atoms with E-state index in [0.717, 1.165) is 39.0 Å². The van der Waals surface area contributed by atoms with Crippen molar-refractivity contribution in [1.82, 2.24) is 15.1 Å². The molecule has 0 saturated carbocycles. The number of amides is 1. The zero-order chi connectivity index (χ0) is 13.7. The number of rotatable bonds is 6. The first kappa shape index (κ1) is 14.5. The van der Waals surface area contributed by atoms with Crippen LogP contribution in [0.5, 0.6) is 0 Å². The predicted molar refractivity (Wildman–Crippen MR) is 77.8 cm³/mol. The van der Waals surface area contributed by atoms with E-state index in [1.807, 2.05) is 11.9 Å². The summed E-state index contributed by atoms with van der Waals surface area (Å²) in [5.74, 6) is 0.985. The molecule has 1 aliphatic carbocycles. The van der Waals surface area contributed by atoms with Gasteiger partial charge in [-0.15, -0.1) is 0 Å². The Balaban J connectivity index is 1.83. The van der Waals surface area contributed by atoms with Crippen LogP contribution in [0.3, 0.4) is 0 Å². The molecular weight excluding hydrogens is 238 g/mol. The number of hydrogen-bond donors (Lipinski definition) is 1. The van der Waals surface area contributed by atoms with Crippen LogP contribution < -0.4 is 5.32 Å². The summed E-state index contributed by atoms with van der Waals surface area (Å²) in [7, 11) is 2.00. The molecule has 108 valence electrons. The molecule has 0 aromatic carbocycles. The van der Waals surface area contributed by atoms with E-state index in [9.17, 15) is 4.79 Å². The van der Waals surface area contributed by atoms with Crippen molar-refractivity contribution in [2.45, 2.75) is 32.6 Å². The standard InChI is InChI=1S/C15H27N3O/c1-3-18(14-6-4-5-7-14)15(19)12-17-9-8-13(11-17)10-16-2/h6,13,16H,3-5,7-12H2,1-2H3. The second-order valence-electron chi connectivity index (χ2n) is 5.67. The molecule has 1 fully saturated rings. The molecule has 2 rings (SSSR count). The largest absolute Gasteiger partial charge is 0.319 e. The molecule has 1 saturated heterocycles. The van der Waals surface area contributed by atoms with Crippen molar-refractivity contribution < 1.29 is 4.79 Å². The maximum Gasteiger partial charge on any atom is 0.240 e. The SMILES string of the molecule is CCN(C(=O)CN1CCC(CNC)C1)C1=CCCC1. The van der Waals surface area contributed by atoms with Crippen molar-refractivity contribution in [2.75, 3.05) is 39.8 Å². The van der Waals surface area contributed by atoms with Gasteiger partial charge >= 0.3 is 0 Å². The van der Waals surface area contributed by atoms with Gasteiger partial charge in [-0.1, -0.05) is 6.08 Å². The van der Waals surface area contributed by atoms with Gasteiger partial charge in [-0.25, -0.2) is 0 Å². The Kier molecular flexibility index (Phi) is 5.40. The van der Waals surface area contributed by atoms with Crippen molar-refractivity contribution in [1.29, 1.82) is 0 Å². The summed E-state index contributed by atoms with van der Waals surface area (Å²) in [6.07, 6.45) is 6.85. The first-order valence-corrected chi connectivity index (χ1v) is 7.61. The van der Waals surface area contributed by atoms with Gasteiger partial charge in [0.1, 0.15) is 0 Å². The molecule has 0 spiro atoms. The quantitative estimate of drug-likeness (QED) is 0.789. The summed E-state index contributed by atoms with van der Waals surface area (Å²) in [6, 6.07) is 0. The Labute approximate surface area is 116 Å². The van der Waals surface area contributed by atoms with Gasteiger partial charge in [0, 0.05) is 18.8 Å². The number of allylic oxidation sites excluding steroid dienone is 2. The zero-order valence-electron chi connectivity index (χ0n) is 12.3. The van der Waals surface area contributed by atoms with Crippen molar-refractivity contribution in [3.63, 3.8) is 0 Å². The molecule has 1 atom stereocenters. The molecule has 2 aliphatic rings. The Morgan fingerprint density at radius 3 is 3.05 bits per heavy atom. The Hall–Kier alpha value is -0.870. The third-order valence-electron chi connectivity index (χ3n) is 4.20. The van der Waals surface area contributed by atoms with E-state index in [4.69, 9.17) is 0 Å². The second-order valence-corrected chi connectivity index (χ2v) is 5.67. The van der Waals surface area contributed by atoms with Crippen LogP contribution in [0.15, 0.2) is 11.8 Å². The van der Waals surface area contributed by atoms with E-state index in [1.54, 1.807) is 0 Å². The summed E-state index contributed by atoms with van der Waals surface area (Å²) in [4.78, 5) is 16.7. The second kappa shape index (κ2) is 7.06. The van der Waals surface area contributed by atoms with Crippen molar-refractivity contribution in [3.8, 4) is 0 Å². The molecule has 1 N–H and O–H groups in total. The van der Waals surface area contributed by atoms with Gasteiger partial charge in [0.25, 0.3) is 0 Å². The highest BCUT2D eigenvalue weighted by atomic mass is 16.2. The predicted octanol–water partition coefficient (Wildman–Crippen LogP) is 1.44. The average Bonchev–Trinajstić information content (AvgIpc) is 3.03. The smallest absolute Gasteiger partial charge is 0.240 e. The van der Waals surface area contributed by atoms with Gasteiger partial charge < -0.3 is 10.2 Å². The maximum absolute atomic E-state index is 12.4. The van der Waals surface area contributed by atoms with Gasteiger partial charge in [-0.05, 0) is 58.7 Å². The van der Waals surface area contributed by atoms with Crippen LogP contribution in [0.1, 0.15) is 32.6 Å². The van der Waals surface area contributed by atoms with Crippen molar-refractivity contribution >= 4 is 5.91 Å². The number of carbonyl (C=O) groups is 1. The van der Waals surface area contributed by atoms with E-state index >= 15 is 0 Å². The minimum Gasteiger partial charge on any atom is -0.319 e. The Morgan fingerprint density at radius 1 is 1.58 bits per heavy atom. The number of nitrogens with zero attached hydrogens (tertiary/aromatic N) is 2. The van der Waals surface area contributed by atoms with E-state index in [1.165, 1.54) is 18.5 Å². The molecule has 1 amide bonds. The molecule has 1 aliphatic heterocycles. The van der Waals surface area contributed by atoms with Gasteiger partial charge in [-0.2, -0.15) is 0 Å². The molecule has 0 aromatic rings. The van der Waals surface area contributed by atoms with Gasteiger partial charge in [0.15, 0.2) is 0 Å². The van der Waals surface area contributed by atoms with E-state index in [0.29, 0.717) is 12.5 Å². The number of hydrogen-bond acceptors (Lipinski definition) is 3. The average molecular weight is 265 g/mol. The Morgan fingerprint density at radius 2 is 2.42 bits per heavy atom. The fourth-order valence-corrected chi connectivity index (χ4v) is 3.23.